The third-order valence-electron chi connectivity index (χ3n) is 3.44. The predicted octanol–water partition coefficient (Wildman–Crippen LogP) is 2.29. The fraction of sp³-hybridized carbons (Fsp3) is 0.333. The fourth-order valence-corrected chi connectivity index (χ4v) is 2.22. The monoisotopic (exact) mass is 341 g/mol. The first-order chi connectivity index (χ1) is 10.2. The molecule has 3 rings (SSSR count). The molecule has 1 amide bonds. The van der Waals surface area contributed by atoms with Crippen molar-refractivity contribution in [1.82, 2.24) is 15.6 Å². The van der Waals surface area contributed by atoms with Crippen molar-refractivity contribution in [2.75, 3.05) is 19.6 Å². The average molecular weight is 342 g/mol. The van der Waals surface area contributed by atoms with Gasteiger partial charge in [-0.3, -0.25) is 4.79 Å². The molecule has 1 aliphatic rings. The van der Waals surface area contributed by atoms with Crippen LogP contribution in [-0.4, -0.2) is 30.5 Å². The molecule has 0 radical (unpaired) electrons. The van der Waals surface area contributed by atoms with Crippen LogP contribution < -0.4 is 10.6 Å². The van der Waals surface area contributed by atoms with E-state index in [0.717, 1.165) is 18.7 Å². The van der Waals surface area contributed by atoms with Gasteiger partial charge in [0.2, 0.25) is 11.8 Å². The van der Waals surface area contributed by atoms with Crippen molar-refractivity contribution in [3.63, 3.8) is 0 Å². The summed E-state index contributed by atoms with van der Waals surface area (Å²) in [6, 6.07) is 7.23. The van der Waals surface area contributed by atoms with Crippen LogP contribution in [0, 0.1) is 5.92 Å². The van der Waals surface area contributed by atoms with Crippen molar-refractivity contribution in [3.05, 3.63) is 41.2 Å². The SMILES string of the molecule is Cl.O=C(Cc1coc(-c2ccc(Cl)cc2)n1)NCC1CNC1. The third-order valence-corrected chi connectivity index (χ3v) is 3.69. The lowest BCUT2D eigenvalue weighted by Crippen LogP contribution is -2.48. The first kappa shape index (κ1) is 16.8. The van der Waals surface area contributed by atoms with E-state index in [0.29, 0.717) is 29.1 Å². The van der Waals surface area contributed by atoms with Crippen molar-refractivity contribution < 1.29 is 9.21 Å². The number of halogens is 2. The maximum absolute atomic E-state index is 11.8. The molecule has 22 heavy (non-hydrogen) atoms. The number of aromatic nitrogens is 1. The summed E-state index contributed by atoms with van der Waals surface area (Å²) in [4.78, 5) is 16.1. The van der Waals surface area contributed by atoms with E-state index < -0.39 is 0 Å². The van der Waals surface area contributed by atoms with Crippen LogP contribution in [0.4, 0.5) is 0 Å². The Labute approximate surface area is 139 Å². The summed E-state index contributed by atoms with van der Waals surface area (Å²) < 4.78 is 5.41. The van der Waals surface area contributed by atoms with Crippen molar-refractivity contribution in [2.45, 2.75) is 6.42 Å². The van der Waals surface area contributed by atoms with Gasteiger partial charge in [-0.05, 0) is 24.3 Å². The number of carbonyl (C=O) groups is 1. The average Bonchev–Trinajstić information content (AvgIpc) is 2.86. The number of oxazole rings is 1. The molecular weight excluding hydrogens is 325 g/mol. The van der Waals surface area contributed by atoms with Crippen LogP contribution in [0.15, 0.2) is 34.9 Å². The van der Waals surface area contributed by atoms with Crippen LogP contribution >= 0.6 is 24.0 Å². The molecule has 0 aliphatic carbocycles. The zero-order chi connectivity index (χ0) is 14.7. The smallest absolute Gasteiger partial charge is 0.226 e. The minimum atomic E-state index is -0.0298. The molecule has 1 aliphatic heterocycles. The highest BCUT2D eigenvalue weighted by molar-refractivity contribution is 6.30. The lowest BCUT2D eigenvalue weighted by atomic mass is 10.0. The lowest BCUT2D eigenvalue weighted by molar-refractivity contribution is -0.120. The van der Waals surface area contributed by atoms with Crippen LogP contribution in [0.25, 0.3) is 11.5 Å². The standard InChI is InChI=1S/C15H16ClN3O2.ClH/c16-12-3-1-11(2-4-12)15-19-13(9-21-15)5-14(20)18-8-10-6-17-7-10;/h1-4,9-10,17H,5-8H2,(H,18,20);1H. The second-order valence-corrected chi connectivity index (χ2v) is 5.59. The van der Waals surface area contributed by atoms with Crippen molar-refractivity contribution in [1.29, 1.82) is 0 Å². The predicted molar refractivity (Wildman–Crippen MR) is 87.3 cm³/mol. The summed E-state index contributed by atoms with van der Waals surface area (Å²) in [5.74, 6) is 1.02. The zero-order valence-electron chi connectivity index (χ0n) is 11.8. The quantitative estimate of drug-likeness (QED) is 0.875. The Bertz CT molecular complexity index is 624. The second-order valence-electron chi connectivity index (χ2n) is 5.16. The molecule has 1 aromatic heterocycles. The van der Waals surface area contributed by atoms with E-state index >= 15 is 0 Å². The normalized spacial score (nSPS) is 14.0. The number of rotatable bonds is 5. The highest BCUT2D eigenvalue weighted by atomic mass is 35.5. The number of hydrogen-bond acceptors (Lipinski definition) is 4. The van der Waals surface area contributed by atoms with E-state index in [-0.39, 0.29) is 24.7 Å². The van der Waals surface area contributed by atoms with Gasteiger partial charge in [0.15, 0.2) is 0 Å². The van der Waals surface area contributed by atoms with Crippen LogP contribution in [-0.2, 0) is 11.2 Å². The maximum atomic E-state index is 11.8. The summed E-state index contributed by atoms with van der Waals surface area (Å²) in [6.07, 6.45) is 1.76. The van der Waals surface area contributed by atoms with E-state index in [1.54, 1.807) is 12.1 Å². The largest absolute Gasteiger partial charge is 0.444 e. The van der Waals surface area contributed by atoms with Crippen LogP contribution in [0.1, 0.15) is 5.69 Å². The van der Waals surface area contributed by atoms with Gasteiger partial charge in [0.05, 0.1) is 12.1 Å². The molecule has 0 saturated carbocycles. The van der Waals surface area contributed by atoms with Gasteiger partial charge in [0, 0.05) is 36.1 Å². The van der Waals surface area contributed by atoms with Gasteiger partial charge >= 0.3 is 0 Å². The minimum absolute atomic E-state index is 0. The van der Waals surface area contributed by atoms with E-state index in [2.05, 4.69) is 15.6 Å². The Kier molecular flexibility index (Phi) is 5.83. The van der Waals surface area contributed by atoms with Gasteiger partial charge in [-0.15, -0.1) is 12.4 Å². The molecular formula is C15H17Cl2N3O2. The Morgan fingerprint density at radius 3 is 2.73 bits per heavy atom. The molecule has 0 atom stereocenters. The number of benzene rings is 1. The first-order valence-electron chi connectivity index (χ1n) is 6.88. The van der Waals surface area contributed by atoms with Gasteiger partial charge in [0.1, 0.15) is 6.26 Å². The highest BCUT2D eigenvalue weighted by Gasteiger charge is 2.17. The molecule has 1 saturated heterocycles. The minimum Gasteiger partial charge on any atom is -0.444 e. The molecule has 7 heteroatoms. The maximum Gasteiger partial charge on any atom is 0.226 e. The molecule has 0 bridgehead atoms. The number of hydrogen-bond donors (Lipinski definition) is 2. The van der Waals surface area contributed by atoms with E-state index in [9.17, 15) is 4.79 Å². The lowest BCUT2D eigenvalue weighted by Gasteiger charge is -2.26. The Morgan fingerprint density at radius 1 is 1.36 bits per heavy atom. The molecule has 0 spiro atoms. The molecule has 1 aromatic carbocycles. The van der Waals surface area contributed by atoms with Crippen molar-refractivity contribution in [2.24, 2.45) is 5.92 Å². The van der Waals surface area contributed by atoms with Gasteiger partial charge in [-0.2, -0.15) is 0 Å². The first-order valence-corrected chi connectivity index (χ1v) is 7.26. The number of carbonyl (C=O) groups excluding carboxylic acids is 1. The summed E-state index contributed by atoms with van der Waals surface area (Å²) in [7, 11) is 0. The topological polar surface area (TPSA) is 67.2 Å². The van der Waals surface area contributed by atoms with Crippen molar-refractivity contribution >= 4 is 29.9 Å². The summed E-state index contributed by atoms with van der Waals surface area (Å²) in [5.41, 5.74) is 1.47. The number of amides is 1. The van der Waals surface area contributed by atoms with Gasteiger partial charge in [-0.1, -0.05) is 11.6 Å². The van der Waals surface area contributed by atoms with Crippen LogP contribution in [0.5, 0.6) is 0 Å². The highest BCUT2D eigenvalue weighted by Crippen LogP contribution is 2.21. The number of nitrogens with zero attached hydrogens (tertiary/aromatic N) is 1. The second kappa shape index (κ2) is 7.63. The molecule has 5 nitrogen and oxygen atoms in total. The summed E-state index contributed by atoms with van der Waals surface area (Å²) in [5, 5.41) is 6.75. The summed E-state index contributed by atoms with van der Waals surface area (Å²) in [6.45, 7) is 2.67. The Balaban J connectivity index is 0.00000176. The molecule has 2 heterocycles. The van der Waals surface area contributed by atoms with E-state index in [1.807, 2.05) is 12.1 Å². The van der Waals surface area contributed by atoms with Gasteiger partial charge in [-0.25, -0.2) is 4.98 Å². The Hall–Kier alpha value is -1.56. The molecule has 0 unspecified atom stereocenters. The van der Waals surface area contributed by atoms with Crippen LogP contribution in [0.3, 0.4) is 0 Å². The molecule has 1 fully saturated rings. The molecule has 118 valence electrons. The summed E-state index contributed by atoms with van der Waals surface area (Å²) >= 11 is 5.84. The zero-order valence-corrected chi connectivity index (χ0v) is 13.4. The third kappa shape index (κ3) is 4.22. The fourth-order valence-electron chi connectivity index (χ4n) is 2.09. The van der Waals surface area contributed by atoms with Gasteiger partial charge in [0.25, 0.3) is 0 Å². The Morgan fingerprint density at radius 2 is 2.09 bits per heavy atom. The van der Waals surface area contributed by atoms with Crippen molar-refractivity contribution in [3.8, 4) is 11.5 Å². The van der Waals surface area contributed by atoms with Gasteiger partial charge < -0.3 is 15.1 Å². The number of nitrogens with one attached hydrogen (secondary N) is 2. The van der Waals surface area contributed by atoms with E-state index in [4.69, 9.17) is 16.0 Å². The van der Waals surface area contributed by atoms with E-state index in [1.165, 1.54) is 6.26 Å². The molecule has 2 aromatic rings. The van der Waals surface area contributed by atoms with Crippen LogP contribution in [0.2, 0.25) is 5.02 Å². The molecule has 2 N–H and O–H groups in total.